The standard InChI is InChI=1S/C32H46FN5O.C14H26N4.C3H6.C2H6/c1-12-28(19-37-31-24(7)23(6)25(31)8)30(33)21(4)15-14-20(3)18-36-26(9)29(38-27(10)35-13-2)17-16-22(5)32(39)34-11;1-5-8-13(3)10-11-14(4)9-7-12-16-18-17-15-6-2;1-3-2;1-2/h12,14-17,20-22,36-37H,1,6-7,9,13,18-19H2,2-5,8,10-11H3,(H,34,39);5,7,9,12-14H,1,6,8,10-11H2,2-4H3,(H,15,18);3H,1H2,2H3;1-2H3/b15-14?,17-16?,30-28-,35-27?,38-29?;9-7+,16-12+;;. The van der Waals surface area contributed by atoms with E-state index in [4.69, 9.17) is 0 Å². The number of aliphatic imine (C=N–C) groups is 2. The summed E-state index contributed by atoms with van der Waals surface area (Å²) < 4.78 is 15.2. The van der Waals surface area contributed by atoms with Crippen molar-refractivity contribution in [2.75, 3.05) is 33.2 Å². The van der Waals surface area contributed by atoms with Gasteiger partial charge in [-0.25, -0.2) is 9.38 Å². The van der Waals surface area contributed by atoms with Crippen molar-refractivity contribution in [2.24, 2.45) is 55.0 Å². The SMILES string of the molecule is C=C/C(CNC1=C(C)C(=C)C1=C)=C(/F)C(C)C=CC(C)CNC(=C)C(C=CC(C)C(=O)NC)=NC(C)=NCC.C=CC.C=CCC(C)CCC(C)/C=C/C=N/NN=NCC.CC. The maximum absolute atomic E-state index is 15.2. The first-order chi connectivity index (χ1) is 29.5. The lowest BCUT2D eigenvalue weighted by atomic mass is 9.85. The third-order valence-corrected chi connectivity index (χ3v) is 9.05. The van der Waals surface area contributed by atoms with E-state index in [2.05, 4.69) is 106 Å². The summed E-state index contributed by atoms with van der Waals surface area (Å²) in [7, 11) is 1.61. The first-order valence-electron chi connectivity index (χ1n) is 21.9. The quantitative estimate of drug-likeness (QED) is 0.0182. The Morgan fingerprint density at radius 1 is 0.903 bits per heavy atom. The molecule has 0 aromatic carbocycles. The number of halogens is 1. The molecule has 1 amide bonds. The lowest BCUT2D eigenvalue weighted by molar-refractivity contribution is -0.122. The monoisotopic (exact) mass is 858 g/mol. The number of amidine groups is 1. The zero-order valence-electron chi connectivity index (χ0n) is 40.9. The average molecular weight is 858 g/mol. The molecule has 0 heterocycles. The Bertz CT molecular complexity index is 1670. The molecule has 62 heavy (non-hydrogen) atoms. The molecule has 1 aliphatic rings. The Morgan fingerprint density at radius 3 is 2.10 bits per heavy atom. The van der Waals surface area contributed by atoms with Gasteiger partial charge in [-0.15, -0.1) is 13.2 Å². The van der Waals surface area contributed by atoms with E-state index >= 15 is 4.39 Å². The Labute approximate surface area is 377 Å². The molecule has 0 fully saturated rings. The zero-order valence-corrected chi connectivity index (χ0v) is 40.9. The van der Waals surface area contributed by atoms with Crippen LogP contribution >= 0.6 is 0 Å². The maximum atomic E-state index is 15.2. The van der Waals surface area contributed by atoms with Crippen molar-refractivity contribution in [3.05, 3.63) is 134 Å². The van der Waals surface area contributed by atoms with E-state index in [-0.39, 0.29) is 23.6 Å². The summed E-state index contributed by atoms with van der Waals surface area (Å²) in [6.45, 7) is 48.9. The Morgan fingerprint density at radius 2 is 1.55 bits per heavy atom. The molecule has 10 nitrogen and oxygen atoms in total. The van der Waals surface area contributed by atoms with Crippen molar-refractivity contribution in [2.45, 2.75) is 102 Å². The highest BCUT2D eigenvalue weighted by atomic mass is 19.1. The van der Waals surface area contributed by atoms with Crippen LogP contribution in [0.15, 0.2) is 159 Å². The van der Waals surface area contributed by atoms with Gasteiger partial charge in [0.25, 0.3) is 0 Å². The first-order valence-corrected chi connectivity index (χ1v) is 21.9. The number of carbonyl (C=O) groups excluding carboxylic acids is 1. The van der Waals surface area contributed by atoms with Gasteiger partial charge in [0, 0.05) is 50.1 Å². The van der Waals surface area contributed by atoms with Crippen molar-refractivity contribution in [1.82, 2.24) is 21.5 Å². The summed E-state index contributed by atoms with van der Waals surface area (Å²) in [5, 5.41) is 20.4. The van der Waals surface area contributed by atoms with Crippen LogP contribution in [-0.2, 0) is 4.79 Å². The smallest absolute Gasteiger partial charge is 0.226 e. The summed E-state index contributed by atoms with van der Waals surface area (Å²) in [6, 6.07) is 0. The third kappa shape index (κ3) is 28.1. The second-order valence-electron chi connectivity index (χ2n) is 14.6. The highest BCUT2D eigenvalue weighted by Gasteiger charge is 2.22. The molecule has 0 saturated carbocycles. The fraction of sp³-hybridized carbons (Fsp3) is 0.490. The molecule has 11 heteroatoms. The molecule has 0 radical (unpaired) electrons. The second kappa shape index (κ2) is 38.5. The number of nitrogens with zero attached hydrogens (tertiary/aromatic N) is 5. The van der Waals surface area contributed by atoms with Crippen LogP contribution in [0.3, 0.4) is 0 Å². The minimum atomic E-state index is -0.403. The van der Waals surface area contributed by atoms with Crippen molar-refractivity contribution in [1.29, 1.82) is 0 Å². The van der Waals surface area contributed by atoms with Crippen LogP contribution < -0.4 is 21.5 Å². The topological polar surface area (TPSA) is 127 Å². The van der Waals surface area contributed by atoms with E-state index < -0.39 is 5.92 Å². The van der Waals surface area contributed by atoms with Crippen molar-refractivity contribution >= 4 is 23.7 Å². The molecule has 1 rings (SSSR count). The van der Waals surface area contributed by atoms with E-state index in [0.29, 0.717) is 54.9 Å². The molecule has 0 aromatic rings. The van der Waals surface area contributed by atoms with Gasteiger partial charge >= 0.3 is 0 Å². The van der Waals surface area contributed by atoms with Crippen LogP contribution in [0.25, 0.3) is 0 Å². The molecule has 0 saturated heterocycles. The fourth-order valence-corrected chi connectivity index (χ4v) is 5.23. The van der Waals surface area contributed by atoms with Gasteiger partial charge < -0.3 is 16.0 Å². The lowest BCUT2D eigenvalue weighted by Crippen LogP contribution is -2.26. The summed E-state index contributed by atoms with van der Waals surface area (Å²) in [4.78, 5) is 20.8. The van der Waals surface area contributed by atoms with Gasteiger partial charge in [-0.2, -0.15) is 15.8 Å². The molecule has 0 aromatic heterocycles. The van der Waals surface area contributed by atoms with Gasteiger partial charge in [-0.3, -0.25) is 9.79 Å². The second-order valence-corrected chi connectivity index (χ2v) is 14.6. The number of hydrogen-bond acceptors (Lipinski definition) is 7. The number of carbonyl (C=O) groups is 1. The Kier molecular flexibility index (Phi) is 37.8. The van der Waals surface area contributed by atoms with Gasteiger partial charge in [0.05, 0.1) is 23.9 Å². The molecule has 0 aliphatic heterocycles. The number of nitrogens with one attached hydrogen (secondary N) is 4. The Balaban J connectivity index is -0.00000126. The van der Waals surface area contributed by atoms with Gasteiger partial charge in [0.15, 0.2) is 0 Å². The molecular formula is C51H84FN9O. The minimum Gasteiger partial charge on any atom is -0.383 e. The van der Waals surface area contributed by atoms with Gasteiger partial charge in [0.1, 0.15) is 11.7 Å². The zero-order chi connectivity index (χ0) is 48.0. The lowest BCUT2D eigenvalue weighted by Gasteiger charge is -2.28. The molecule has 0 bridgehead atoms. The number of rotatable bonds is 25. The predicted molar refractivity (Wildman–Crippen MR) is 271 cm³/mol. The summed E-state index contributed by atoms with van der Waals surface area (Å²) in [6.07, 6.45) is 22.0. The molecular weight excluding hydrogens is 774 g/mol. The van der Waals surface area contributed by atoms with E-state index in [1.165, 1.54) is 12.8 Å². The van der Waals surface area contributed by atoms with Crippen molar-refractivity contribution in [3.8, 4) is 0 Å². The highest BCUT2D eigenvalue weighted by Crippen LogP contribution is 2.35. The van der Waals surface area contributed by atoms with Crippen molar-refractivity contribution < 1.29 is 9.18 Å². The summed E-state index contributed by atoms with van der Waals surface area (Å²) in [5.74, 6) is 0.992. The van der Waals surface area contributed by atoms with E-state index in [0.717, 1.165) is 34.8 Å². The van der Waals surface area contributed by atoms with Gasteiger partial charge in [-0.1, -0.05) is 123 Å². The number of hydrogen-bond donors (Lipinski definition) is 4. The average Bonchev–Trinajstić information content (AvgIpc) is 3.26. The third-order valence-electron chi connectivity index (χ3n) is 9.05. The molecule has 5 atom stereocenters. The Hall–Kier alpha value is -5.45. The molecule has 4 N–H and O–H groups in total. The number of amides is 1. The number of allylic oxidation sites excluding steroid dienone is 9. The van der Waals surface area contributed by atoms with Crippen LogP contribution in [0, 0.1) is 29.6 Å². The van der Waals surface area contributed by atoms with E-state index in [9.17, 15) is 4.79 Å². The predicted octanol–water partition coefficient (Wildman–Crippen LogP) is 12.5. The minimum absolute atomic E-state index is 0.0840. The van der Waals surface area contributed by atoms with Crippen LogP contribution in [0.2, 0.25) is 0 Å². The fourth-order valence-electron chi connectivity index (χ4n) is 5.23. The number of hydrazone groups is 1. The molecule has 5 unspecified atom stereocenters. The van der Waals surface area contributed by atoms with Crippen LogP contribution in [-0.4, -0.2) is 56.9 Å². The van der Waals surface area contributed by atoms with Crippen LogP contribution in [0.4, 0.5) is 4.39 Å². The van der Waals surface area contributed by atoms with Crippen LogP contribution in [0.1, 0.15) is 102 Å². The molecule has 0 spiro atoms. The maximum Gasteiger partial charge on any atom is 0.226 e. The van der Waals surface area contributed by atoms with Gasteiger partial charge in [0.2, 0.25) is 5.91 Å². The molecule has 1 aliphatic carbocycles. The van der Waals surface area contributed by atoms with Crippen molar-refractivity contribution in [3.63, 3.8) is 0 Å². The summed E-state index contributed by atoms with van der Waals surface area (Å²) >= 11 is 0. The normalized spacial score (nSPS) is 15.8. The largest absolute Gasteiger partial charge is 0.383 e. The first kappa shape index (κ1) is 60.9. The van der Waals surface area contributed by atoms with E-state index in [1.807, 2.05) is 93.5 Å². The van der Waals surface area contributed by atoms with Crippen LogP contribution in [0.5, 0.6) is 0 Å². The van der Waals surface area contributed by atoms with Gasteiger partial charge in [-0.05, 0) is 101 Å². The van der Waals surface area contributed by atoms with E-state index in [1.54, 1.807) is 37.6 Å². The highest BCUT2D eigenvalue weighted by molar-refractivity contribution is 6.12. The molecule has 346 valence electrons. The summed E-state index contributed by atoms with van der Waals surface area (Å²) in [5.41, 5.74) is 8.00.